The molecule has 0 aromatic carbocycles. The van der Waals surface area contributed by atoms with Gasteiger partial charge in [-0.2, -0.15) is 0 Å². The molecule has 88 valence electrons. The second-order valence-electron chi connectivity index (χ2n) is 1.28. The van der Waals surface area contributed by atoms with Crippen molar-refractivity contribution < 1.29 is 35.1 Å². The summed E-state index contributed by atoms with van der Waals surface area (Å²) in [7, 11) is 0. The zero-order chi connectivity index (χ0) is 10.4. The Bertz CT molecular complexity index is 186. The Morgan fingerprint density at radius 1 is 0.733 bits per heavy atom. The minimum absolute atomic E-state index is 0. The van der Waals surface area contributed by atoms with E-state index in [0.29, 0.717) is 0 Å². The number of nitrogens with zero attached hydrogens (tertiary/aromatic N) is 3. The molecule has 0 heterocycles. The van der Waals surface area contributed by atoms with E-state index < -0.39 is 38.0 Å². The summed E-state index contributed by atoms with van der Waals surface area (Å²) in [6, 6.07) is 0. The Kier molecular flexibility index (Phi) is 11.4. The second-order valence-corrected chi connectivity index (χ2v) is 4.73. The van der Waals surface area contributed by atoms with Gasteiger partial charge in [0.15, 0.2) is 0 Å². The van der Waals surface area contributed by atoms with Gasteiger partial charge in [0.05, 0.1) is 0 Å². The molecule has 0 amide bonds. The number of hydrogen-bond acceptors (Lipinski definition) is 9. The molecule has 0 saturated carbocycles. The molecule has 0 rings (SSSR count). The molecule has 0 aromatic heterocycles. The molecule has 0 fully saturated rings. The van der Waals surface area contributed by atoms with Crippen LogP contribution in [0.5, 0.6) is 0 Å². The van der Waals surface area contributed by atoms with Crippen molar-refractivity contribution in [1.29, 1.82) is 0 Å². The van der Waals surface area contributed by atoms with Gasteiger partial charge < -0.3 is 11.0 Å². The topological polar surface area (TPSA) is 220 Å². The van der Waals surface area contributed by atoms with Crippen molar-refractivity contribution in [3.8, 4) is 0 Å². The van der Waals surface area contributed by atoms with Crippen LogP contribution in [0.2, 0.25) is 0 Å². The van der Waals surface area contributed by atoms with Crippen LogP contribution in [0.25, 0.3) is 0 Å². The quantitative estimate of drug-likeness (QED) is 0.354. The third-order valence-electron chi connectivity index (χ3n) is 0.516. The standard InChI is InChI=1S/In.3NO3.2H2O/c;3*2-1(3)4;;/h;;;;2*1H2/q+3;3*-1;;. The first-order valence-corrected chi connectivity index (χ1v) is 6.39. The van der Waals surface area contributed by atoms with Crippen LogP contribution in [-0.2, 0) is 8.87 Å². The monoisotopic (exact) mass is 337 g/mol. The van der Waals surface area contributed by atoms with Crippen molar-refractivity contribution in [1.82, 2.24) is 0 Å². The summed E-state index contributed by atoms with van der Waals surface area (Å²) in [4.78, 5) is 28.8. The van der Waals surface area contributed by atoms with E-state index >= 15 is 0 Å². The van der Waals surface area contributed by atoms with E-state index in [1.165, 1.54) is 0 Å². The molecule has 0 aliphatic rings. The fourth-order valence-electron chi connectivity index (χ4n) is 0.269. The maximum absolute atomic E-state index is 9.60. The molecule has 15 heteroatoms. The molecule has 0 saturated heterocycles. The Morgan fingerprint density at radius 2 is 0.933 bits per heavy atom. The van der Waals surface area contributed by atoms with Gasteiger partial charge in [0, 0.05) is 0 Å². The molecule has 0 aromatic rings. The fraction of sp³-hybridized carbons (Fsp3) is 0. The van der Waals surface area contributed by atoms with Crippen LogP contribution in [0.15, 0.2) is 0 Å². The van der Waals surface area contributed by atoms with Gasteiger partial charge in [0.2, 0.25) is 0 Å². The molecule has 0 spiro atoms. The van der Waals surface area contributed by atoms with Gasteiger partial charge >= 0.3 is 77.2 Å². The first-order valence-electron chi connectivity index (χ1n) is 2.35. The van der Waals surface area contributed by atoms with Crippen molar-refractivity contribution in [2.45, 2.75) is 0 Å². The van der Waals surface area contributed by atoms with Crippen LogP contribution in [0, 0.1) is 30.3 Å². The summed E-state index contributed by atoms with van der Waals surface area (Å²) in [6.07, 6.45) is 0. The van der Waals surface area contributed by atoms with Crippen LogP contribution < -0.4 is 0 Å². The van der Waals surface area contributed by atoms with Gasteiger partial charge in [-0.3, -0.25) is 0 Å². The van der Waals surface area contributed by atoms with Gasteiger partial charge in [0.1, 0.15) is 0 Å². The normalized spacial score (nSPS) is 7.20. The molecule has 0 bridgehead atoms. The zero-order valence-corrected chi connectivity index (χ0v) is 9.89. The van der Waals surface area contributed by atoms with E-state index in [1.807, 2.05) is 0 Å². The molecular weight excluding hydrogens is 333 g/mol. The molecule has 4 N–H and O–H groups in total. The molecule has 0 aliphatic carbocycles. The fourth-order valence-corrected chi connectivity index (χ4v) is 1.80. The van der Waals surface area contributed by atoms with E-state index in [0.717, 1.165) is 0 Å². The zero-order valence-electron chi connectivity index (χ0n) is 6.59. The van der Waals surface area contributed by atoms with E-state index in [9.17, 15) is 30.3 Å². The first-order chi connectivity index (χ1) is 5.91. The minimum atomic E-state index is -4.70. The Labute approximate surface area is 88.6 Å². The molecule has 0 radical (unpaired) electrons. The Balaban J connectivity index is -0.000000720. The number of hydrogen-bond donors (Lipinski definition) is 0. The average Bonchev–Trinajstić information content (AvgIpc) is 1.80. The van der Waals surface area contributed by atoms with E-state index in [2.05, 4.69) is 8.87 Å². The van der Waals surface area contributed by atoms with Gasteiger partial charge in [-0.25, -0.2) is 0 Å². The third kappa shape index (κ3) is 12.4. The van der Waals surface area contributed by atoms with Gasteiger partial charge in [-0.15, -0.1) is 0 Å². The van der Waals surface area contributed by atoms with Gasteiger partial charge in [-0.1, -0.05) is 0 Å². The van der Waals surface area contributed by atoms with Crippen LogP contribution in [-0.4, -0.2) is 49.0 Å². The van der Waals surface area contributed by atoms with Crippen molar-refractivity contribution in [3.05, 3.63) is 30.3 Å². The van der Waals surface area contributed by atoms with E-state index in [4.69, 9.17) is 0 Å². The van der Waals surface area contributed by atoms with Crippen LogP contribution in [0.3, 0.4) is 0 Å². The molecule has 0 unspecified atom stereocenters. The summed E-state index contributed by atoms with van der Waals surface area (Å²) in [5.74, 6) is 0. The Hall–Kier alpha value is -1.61. The Morgan fingerprint density at radius 3 is 1.07 bits per heavy atom. The average molecular weight is 337 g/mol. The van der Waals surface area contributed by atoms with Gasteiger partial charge in [0.25, 0.3) is 0 Å². The van der Waals surface area contributed by atoms with E-state index in [-0.39, 0.29) is 11.0 Å². The predicted molar refractivity (Wildman–Crippen MR) is 37.2 cm³/mol. The SMILES string of the molecule is O.O.O=[N+]([O-])[O][In]([O][N+](=O)[O-])[O][N+](=O)[O-]. The summed E-state index contributed by atoms with van der Waals surface area (Å²) in [5, 5.41) is 24.5. The predicted octanol–water partition coefficient (Wildman–Crippen LogP) is -3.05. The first kappa shape index (κ1) is 19.0. The van der Waals surface area contributed by atoms with Crippen LogP contribution in [0.1, 0.15) is 0 Å². The van der Waals surface area contributed by atoms with E-state index in [1.54, 1.807) is 0 Å². The summed E-state index contributed by atoms with van der Waals surface area (Å²) in [5.41, 5.74) is 0. The molecule has 15 heavy (non-hydrogen) atoms. The summed E-state index contributed by atoms with van der Waals surface area (Å²) < 4.78 is 10.4. The maximum atomic E-state index is 9.60. The third-order valence-corrected chi connectivity index (χ3v) is 3.46. The molecule has 0 atom stereocenters. The van der Waals surface area contributed by atoms with Gasteiger partial charge in [-0.05, 0) is 0 Å². The van der Waals surface area contributed by atoms with Crippen LogP contribution >= 0.6 is 0 Å². The van der Waals surface area contributed by atoms with Crippen molar-refractivity contribution >= 4 is 22.7 Å². The summed E-state index contributed by atoms with van der Waals surface area (Å²) >= 11 is -4.70. The molecular formula is H4InN3O11. The van der Waals surface area contributed by atoms with Crippen LogP contribution in [0.4, 0.5) is 0 Å². The summed E-state index contributed by atoms with van der Waals surface area (Å²) in [6.45, 7) is 0. The van der Waals surface area contributed by atoms with Crippen molar-refractivity contribution in [3.63, 3.8) is 0 Å². The van der Waals surface area contributed by atoms with Crippen molar-refractivity contribution in [2.75, 3.05) is 0 Å². The molecule has 14 nitrogen and oxygen atoms in total. The second kappa shape index (κ2) is 8.97. The number of rotatable bonds is 6. The molecule has 0 aliphatic heterocycles. The van der Waals surface area contributed by atoms with Crippen molar-refractivity contribution in [2.24, 2.45) is 0 Å².